The molecule has 0 aromatic heterocycles. The molecule has 1 rings (SSSR count). The number of ether oxygens (including phenoxy) is 3. The quantitative estimate of drug-likeness (QED) is 0.523. The standard InChI is InChI=1S/C6H3BrClFO.C4H10O3/c7-3-1-4(8)5(9)2-6(3)10;1-5-3-7-4-6-2/h1-2,10H;3-4H2,1-2H3. The van der Waals surface area contributed by atoms with Gasteiger partial charge in [0.25, 0.3) is 0 Å². The summed E-state index contributed by atoms with van der Waals surface area (Å²) in [5.74, 6) is -0.774. The topological polar surface area (TPSA) is 47.9 Å². The van der Waals surface area contributed by atoms with Crippen LogP contribution in [0.4, 0.5) is 4.39 Å². The Hall–Kier alpha value is -0.400. The first-order valence-electron chi connectivity index (χ1n) is 4.42. The van der Waals surface area contributed by atoms with Gasteiger partial charge in [-0.3, -0.25) is 0 Å². The van der Waals surface area contributed by atoms with E-state index in [-0.39, 0.29) is 10.8 Å². The van der Waals surface area contributed by atoms with Crippen LogP contribution in [0, 0.1) is 5.82 Å². The molecule has 0 unspecified atom stereocenters. The van der Waals surface area contributed by atoms with Crippen molar-refractivity contribution in [2.24, 2.45) is 0 Å². The molecular formula is C10H13BrClFO4. The van der Waals surface area contributed by atoms with E-state index in [2.05, 4.69) is 30.1 Å². The fraction of sp³-hybridized carbons (Fsp3) is 0.400. The molecule has 17 heavy (non-hydrogen) atoms. The molecule has 0 atom stereocenters. The summed E-state index contributed by atoms with van der Waals surface area (Å²) in [6.45, 7) is 0.599. The molecular weight excluding hydrogens is 318 g/mol. The molecule has 0 aliphatic carbocycles. The van der Waals surface area contributed by atoms with Crippen LogP contribution >= 0.6 is 27.5 Å². The summed E-state index contributed by atoms with van der Waals surface area (Å²) in [7, 11) is 3.13. The number of phenols is 1. The number of benzene rings is 1. The molecule has 1 aromatic carbocycles. The normalized spacial score (nSPS) is 9.71. The third kappa shape index (κ3) is 7.51. The van der Waals surface area contributed by atoms with Crippen LogP contribution in [0.5, 0.6) is 5.75 Å². The van der Waals surface area contributed by atoms with Gasteiger partial charge < -0.3 is 19.3 Å². The van der Waals surface area contributed by atoms with Crippen molar-refractivity contribution in [1.82, 2.24) is 0 Å². The maximum atomic E-state index is 12.4. The van der Waals surface area contributed by atoms with Crippen LogP contribution in [0.2, 0.25) is 5.02 Å². The summed E-state index contributed by atoms with van der Waals surface area (Å²) >= 11 is 8.35. The van der Waals surface area contributed by atoms with E-state index in [0.717, 1.165) is 6.07 Å². The van der Waals surface area contributed by atoms with Crippen LogP contribution in [0.3, 0.4) is 0 Å². The molecule has 0 saturated heterocycles. The zero-order valence-electron chi connectivity index (χ0n) is 9.37. The van der Waals surface area contributed by atoms with Gasteiger partial charge in [-0.15, -0.1) is 0 Å². The predicted octanol–water partition coefficient (Wildman–Crippen LogP) is 3.16. The zero-order valence-corrected chi connectivity index (χ0v) is 11.7. The zero-order chi connectivity index (χ0) is 13.3. The lowest BCUT2D eigenvalue weighted by Gasteiger charge is -1.97. The Balaban J connectivity index is 0.000000325. The van der Waals surface area contributed by atoms with Gasteiger partial charge in [0.05, 0.1) is 9.50 Å². The van der Waals surface area contributed by atoms with E-state index in [1.165, 1.54) is 6.07 Å². The molecule has 0 aliphatic rings. The molecule has 0 heterocycles. The molecule has 0 radical (unpaired) electrons. The molecule has 98 valence electrons. The predicted molar refractivity (Wildman–Crippen MR) is 65.6 cm³/mol. The number of methoxy groups -OCH3 is 2. The van der Waals surface area contributed by atoms with Gasteiger partial charge in [-0.1, -0.05) is 11.6 Å². The minimum Gasteiger partial charge on any atom is -0.507 e. The highest BCUT2D eigenvalue weighted by molar-refractivity contribution is 9.10. The van der Waals surface area contributed by atoms with Gasteiger partial charge in [-0.05, 0) is 22.0 Å². The SMILES string of the molecule is COCOCOC.Oc1cc(F)c(Cl)cc1Br. The smallest absolute Gasteiger partial charge is 0.149 e. The number of hydrogen-bond donors (Lipinski definition) is 1. The van der Waals surface area contributed by atoms with E-state index in [1.54, 1.807) is 14.2 Å². The van der Waals surface area contributed by atoms with Gasteiger partial charge in [-0.2, -0.15) is 0 Å². The lowest BCUT2D eigenvalue weighted by molar-refractivity contribution is -0.107. The summed E-state index contributed by atoms with van der Waals surface area (Å²) in [5.41, 5.74) is 0. The molecule has 7 heteroatoms. The average Bonchev–Trinajstić information content (AvgIpc) is 2.28. The number of phenolic OH excluding ortho intramolecular Hbond substituents is 1. The van der Waals surface area contributed by atoms with Crippen molar-refractivity contribution in [3.63, 3.8) is 0 Å². The second-order valence-electron chi connectivity index (χ2n) is 2.73. The van der Waals surface area contributed by atoms with Crippen molar-refractivity contribution < 1.29 is 23.7 Å². The fourth-order valence-corrected chi connectivity index (χ4v) is 1.35. The number of aromatic hydroxyl groups is 1. The first-order valence-corrected chi connectivity index (χ1v) is 5.59. The monoisotopic (exact) mass is 330 g/mol. The summed E-state index contributed by atoms with van der Waals surface area (Å²) in [6, 6.07) is 2.25. The fourth-order valence-electron chi connectivity index (χ4n) is 0.713. The van der Waals surface area contributed by atoms with Crippen LogP contribution in [0.25, 0.3) is 0 Å². The summed E-state index contributed by atoms with van der Waals surface area (Å²) in [4.78, 5) is 0. The van der Waals surface area contributed by atoms with Crippen molar-refractivity contribution in [3.8, 4) is 5.75 Å². The lowest BCUT2D eigenvalue weighted by atomic mass is 10.3. The molecule has 0 bridgehead atoms. The highest BCUT2D eigenvalue weighted by Gasteiger charge is 2.03. The largest absolute Gasteiger partial charge is 0.507 e. The molecule has 0 spiro atoms. The van der Waals surface area contributed by atoms with E-state index in [0.29, 0.717) is 18.1 Å². The van der Waals surface area contributed by atoms with Crippen LogP contribution in [-0.2, 0) is 14.2 Å². The van der Waals surface area contributed by atoms with Crippen LogP contribution in [-0.4, -0.2) is 32.9 Å². The Morgan fingerprint density at radius 1 is 1.29 bits per heavy atom. The average molecular weight is 332 g/mol. The van der Waals surface area contributed by atoms with Gasteiger partial charge in [0, 0.05) is 20.3 Å². The molecule has 0 aliphatic heterocycles. The Morgan fingerprint density at radius 2 is 1.82 bits per heavy atom. The molecule has 0 amide bonds. The Labute approximate surface area is 112 Å². The minimum atomic E-state index is -0.623. The van der Waals surface area contributed by atoms with Crippen molar-refractivity contribution in [3.05, 3.63) is 27.4 Å². The first-order chi connectivity index (χ1) is 8.02. The summed E-state index contributed by atoms with van der Waals surface area (Å²) in [6.07, 6.45) is 0. The molecule has 4 nitrogen and oxygen atoms in total. The Morgan fingerprint density at radius 3 is 2.24 bits per heavy atom. The maximum absolute atomic E-state index is 12.4. The molecule has 1 aromatic rings. The van der Waals surface area contributed by atoms with E-state index < -0.39 is 5.82 Å². The van der Waals surface area contributed by atoms with E-state index >= 15 is 0 Å². The third-order valence-electron chi connectivity index (χ3n) is 1.39. The summed E-state index contributed by atoms with van der Waals surface area (Å²) < 4.78 is 26.6. The van der Waals surface area contributed by atoms with Crippen molar-refractivity contribution in [2.45, 2.75) is 0 Å². The Bertz CT molecular complexity index is 284. The van der Waals surface area contributed by atoms with Crippen molar-refractivity contribution in [1.29, 1.82) is 0 Å². The van der Waals surface area contributed by atoms with Gasteiger partial charge >= 0.3 is 0 Å². The van der Waals surface area contributed by atoms with Gasteiger partial charge in [0.15, 0.2) is 0 Å². The van der Waals surface area contributed by atoms with E-state index in [9.17, 15) is 4.39 Å². The number of halogens is 3. The first kappa shape index (κ1) is 16.6. The highest BCUT2D eigenvalue weighted by atomic mass is 79.9. The van der Waals surface area contributed by atoms with E-state index in [4.69, 9.17) is 16.7 Å². The minimum absolute atomic E-state index is 0.00956. The lowest BCUT2D eigenvalue weighted by Crippen LogP contribution is -1.98. The van der Waals surface area contributed by atoms with Crippen LogP contribution < -0.4 is 0 Å². The Kier molecular flexibility index (Phi) is 9.39. The second kappa shape index (κ2) is 9.61. The van der Waals surface area contributed by atoms with Gasteiger partial charge in [0.2, 0.25) is 0 Å². The summed E-state index contributed by atoms with van der Waals surface area (Å²) in [5, 5.41) is 8.87. The van der Waals surface area contributed by atoms with Crippen LogP contribution in [0.1, 0.15) is 0 Å². The van der Waals surface area contributed by atoms with E-state index in [1.807, 2.05) is 0 Å². The molecule has 0 saturated carbocycles. The van der Waals surface area contributed by atoms with Crippen LogP contribution in [0.15, 0.2) is 16.6 Å². The molecule has 0 fully saturated rings. The van der Waals surface area contributed by atoms with Gasteiger partial charge in [0.1, 0.15) is 25.2 Å². The van der Waals surface area contributed by atoms with Crippen molar-refractivity contribution >= 4 is 27.5 Å². The highest BCUT2D eigenvalue weighted by Crippen LogP contribution is 2.28. The number of hydrogen-bond acceptors (Lipinski definition) is 4. The maximum Gasteiger partial charge on any atom is 0.149 e. The van der Waals surface area contributed by atoms with Gasteiger partial charge in [-0.25, -0.2) is 4.39 Å². The second-order valence-corrected chi connectivity index (χ2v) is 4.00. The number of rotatable bonds is 4. The third-order valence-corrected chi connectivity index (χ3v) is 2.32. The van der Waals surface area contributed by atoms with Crippen molar-refractivity contribution in [2.75, 3.05) is 27.8 Å². The molecule has 1 N–H and O–H groups in total.